The molecule has 1 unspecified atom stereocenters. The third-order valence-corrected chi connectivity index (χ3v) is 6.59. The molecule has 0 aromatic carbocycles. The number of amides is 1. The van der Waals surface area contributed by atoms with Crippen LogP contribution in [0, 0.1) is 5.92 Å². The van der Waals surface area contributed by atoms with E-state index in [1.807, 2.05) is 6.07 Å². The molecule has 4 rings (SSSR count). The molecule has 0 saturated heterocycles. The van der Waals surface area contributed by atoms with Gasteiger partial charge in [-0.05, 0) is 50.2 Å². The lowest BCUT2D eigenvalue weighted by Crippen LogP contribution is -2.43. The van der Waals surface area contributed by atoms with Crippen molar-refractivity contribution < 1.29 is 14.3 Å². The Morgan fingerprint density at radius 1 is 1.41 bits per heavy atom. The molecule has 1 aliphatic carbocycles. The van der Waals surface area contributed by atoms with Gasteiger partial charge in [-0.25, -0.2) is 4.79 Å². The molecule has 1 fully saturated rings. The number of aryl methyl sites for hydroxylation is 1. The summed E-state index contributed by atoms with van der Waals surface area (Å²) >= 11 is 1.43. The van der Waals surface area contributed by atoms with Gasteiger partial charge in [0.1, 0.15) is 11.4 Å². The molecular weight excluding hydrogens is 394 g/mol. The maximum atomic E-state index is 12.5. The first-order chi connectivity index (χ1) is 13.9. The van der Waals surface area contributed by atoms with Gasteiger partial charge in [-0.3, -0.25) is 14.6 Å². The van der Waals surface area contributed by atoms with Crippen molar-refractivity contribution in [3.8, 4) is 0 Å². The van der Waals surface area contributed by atoms with E-state index in [1.54, 1.807) is 6.07 Å². The number of carbonyl (C=O) groups excluding carboxylic acids is 2. The zero-order valence-corrected chi connectivity index (χ0v) is 16.9. The van der Waals surface area contributed by atoms with Crippen LogP contribution in [0.3, 0.4) is 0 Å². The first-order valence-corrected chi connectivity index (χ1v) is 10.3. The van der Waals surface area contributed by atoms with Gasteiger partial charge < -0.3 is 21.1 Å². The van der Waals surface area contributed by atoms with Crippen molar-refractivity contribution in [1.82, 2.24) is 15.3 Å². The van der Waals surface area contributed by atoms with Crippen LogP contribution in [0.4, 0.5) is 11.8 Å². The lowest BCUT2D eigenvalue weighted by molar-refractivity contribution is -0.144. The molecule has 2 aromatic heterocycles. The summed E-state index contributed by atoms with van der Waals surface area (Å²) in [7, 11) is 1.33. The number of hydrogen-bond donors (Lipinski definition) is 4. The number of thiophene rings is 1. The number of aromatic amines is 1. The van der Waals surface area contributed by atoms with Crippen LogP contribution in [-0.2, 0) is 22.4 Å². The van der Waals surface area contributed by atoms with Crippen molar-refractivity contribution in [2.45, 2.75) is 37.6 Å². The average Bonchev–Trinajstić information content (AvgIpc) is 3.32. The van der Waals surface area contributed by atoms with E-state index in [1.165, 1.54) is 18.4 Å². The standard InChI is InChI=1S/C19H23N5O4S/c1-28-17(27)19(6-7-19)24-16(26)13-5-4-11(29-13)3-2-10-8-12-14(21-9-10)22-18(20)23-15(12)25/h4-5,10H,2-3,6-9H2,1H3,(H,24,26)(H4,20,21,22,23,25). The summed E-state index contributed by atoms with van der Waals surface area (Å²) < 4.78 is 4.77. The summed E-state index contributed by atoms with van der Waals surface area (Å²) in [4.78, 5) is 44.7. The first-order valence-electron chi connectivity index (χ1n) is 9.52. The van der Waals surface area contributed by atoms with Gasteiger partial charge in [0.2, 0.25) is 5.95 Å². The number of anilines is 2. The predicted octanol–water partition coefficient (Wildman–Crippen LogP) is 1.07. The molecule has 0 spiro atoms. The van der Waals surface area contributed by atoms with Crippen LogP contribution >= 0.6 is 11.3 Å². The number of hydrogen-bond acceptors (Lipinski definition) is 8. The number of ether oxygens (including phenoxy) is 1. The van der Waals surface area contributed by atoms with E-state index in [2.05, 4.69) is 20.6 Å². The van der Waals surface area contributed by atoms with E-state index in [-0.39, 0.29) is 23.4 Å². The largest absolute Gasteiger partial charge is 0.467 e. The van der Waals surface area contributed by atoms with Crippen LogP contribution in [-0.4, -0.2) is 41.0 Å². The van der Waals surface area contributed by atoms with Crippen molar-refractivity contribution in [1.29, 1.82) is 0 Å². The number of esters is 1. The Labute approximate surface area is 171 Å². The second-order valence-corrected chi connectivity index (χ2v) is 8.73. The Morgan fingerprint density at radius 2 is 2.21 bits per heavy atom. The van der Waals surface area contributed by atoms with E-state index in [0.29, 0.717) is 41.4 Å². The van der Waals surface area contributed by atoms with Crippen molar-refractivity contribution in [3.05, 3.63) is 37.8 Å². The highest BCUT2D eigenvalue weighted by molar-refractivity contribution is 7.14. The number of nitrogen functional groups attached to an aromatic ring is 1. The lowest BCUT2D eigenvalue weighted by Gasteiger charge is -2.24. The van der Waals surface area contributed by atoms with E-state index in [4.69, 9.17) is 10.5 Å². The molecule has 1 atom stereocenters. The van der Waals surface area contributed by atoms with E-state index in [0.717, 1.165) is 24.3 Å². The third kappa shape index (κ3) is 3.98. The summed E-state index contributed by atoms with van der Waals surface area (Å²) in [6.07, 6.45) is 3.55. The summed E-state index contributed by atoms with van der Waals surface area (Å²) in [5.41, 5.74) is 5.18. The van der Waals surface area contributed by atoms with Crippen LogP contribution in [0.25, 0.3) is 0 Å². The van der Waals surface area contributed by atoms with Crippen molar-refractivity contribution in [2.24, 2.45) is 5.92 Å². The van der Waals surface area contributed by atoms with Gasteiger partial charge in [-0.2, -0.15) is 4.98 Å². The molecule has 29 heavy (non-hydrogen) atoms. The third-order valence-electron chi connectivity index (χ3n) is 5.45. The fourth-order valence-electron chi connectivity index (χ4n) is 3.62. The van der Waals surface area contributed by atoms with Crippen molar-refractivity contribution in [2.75, 3.05) is 24.7 Å². The molecule has 1 saturated carbocycles. The SMILES string of the molecule is COC(=O)C1(NC(=O)c2ccc(CCC3CNc4nc(N)[nH]c(=O)c4C3)s2)CC1. The minimum absolute atomic E-state index is 0.115. The highest BCUT2D eigenvalue weighted by atomic mass is 32.1. The molecule has 9 nitrogen and oxygen atoms in total. The van der Waals surface area contributed by atoms with Crippen molar-refractivity contribution in [3.63, 3.8) is 0 Å². The highest BCUT2D eigenvalue weighted by Gasteiger charge is 2.52. The Kier molecular flexibility index (Phi) is 5.03. The normalized spacial score (nSPS) is 19.0. The van der Waals surface area contributed by atoms with Gasteiger partial charge in [-0.1, -0.05) is 0 Å². The summed E-state index contributed by atoms with van der Waals surface area (Å²) in [6.45, 7) is 0.725. The molecule has 0 bridgehead atoms. The first kappa shape index (κ1) is 19.4. The Hall–Kier alpha value is -2.88. The van der Waals surface area contributed by atoms with Crippen LogP contribution < -0.4 is 21.9 Å². The Morgan fingerprint density at radius 3 is 2.93 bits per heavy atom. The van der Waals surface area contributed by atoms with Gasteiger partial charge in [-0.15, -0.1) is 11.3 Å². The predicted molar refractivity (Wildman–Crippen MR) is 109 cm³/mol. The van der Waals surface area contributed by atoms with Crippen LogP contribution in [0.1, 0.15) is 39.4 Å². The van der Waals surface area contributed by atoms with Gasteiger partial charge in [0.15, 0.2) is 0 Å². The zero-order valence-electron chi connectivity index (χ0n) is 16.0. The van der Waals surface area contributed by atoms with E-state index >= 15 is 0 Å². The number of carbonyl (C=O) groups is 2. The molecule has 2 aliphatic rings. The number of rotatable bonds is 6. The number of H-pyrrole nitrogens is 1. The van der Waals surface area contributed by atoms with Crippen LogP contribution in [0.2, 0.25) is 0 Å². The fourth-order valence-corrected chi connectivity index (χ4v) is 4.54. The lowest BCUT2D eigenvalue weighted by atomic mass is 9.92. The topological polar surface area (TPSA) is 139 Å². The van der Waals surface area contributed by atoms with Crippen molar-refractivity contribution >= 4 is 35.0 Å². The molecule has 5 N–H and O–H groups in total. The molecule has 154 valence electrons. The van der Waals surface area contributed by atoms with Gasteiger partial charge in [0.05, 0.1) is 17.6 Å². The minimum atomic E-state index is -0.846. The second kappa shape index (κ2) is 7.51. The molecule has 10 heteroatoms. The number of nitrogens with one attached hydrogen (secondary N) is 3. The second-order valence-electron chi connectivity index (χ2n) is 7.56. The quantitative estimate of drug-likeness (QED) is 0.516. The van der Waals surface area contributed by atoms with E-state index < -0.39 is 5.54 Å². The summed E-state index contributed by atoms with van der Waals surface area (Å²) in [5.74, 6) is 0.343. The molecule has 1 aliphatic heterocycles. The smallest absolute Gasteiger partial charge is 0.331 e. The minimum Gasteiger partial charge on any atom is -0.467 e. The van der Waals surface area contributed by atoms with Gasteiger partial charge >= 0.3 is 5.97 Å². The molecule has 3 heterocycles. The number of nitrogens with two attached hydrogens (primary N) is 1. The zero-order chi connectivity index (χ0) is 20.6. The number of methoxy groups -OCH3 is 1. The maximum Gasteiger partial charge on any atom is 0.331 e. The van der Waals surface area contributed by atoms with Crippen LogP contribution in [0.15, 0.2) is 16.9 Å². The molecule has 1 amide bonds. The Balaban J connectivity index is 1.34. The Bertz CT molecular complexity index is 1010. The van der Waals surface area contributed by atoms with Gasteiger partial charge in [0, 0.05) is 11.4 Å². The number of aromatic nitrogens is 2. The van der Waals surface area contributed by atoms with E-state index in [9.17, 15) is 14.4 Å². The van der Waals surface area contributed by atoms with Crippen LogP contribution in [0.5, 0.6) is 0 Å². The van der Waals surface area contributed by atoms with Gasteiger partial charge in [0.25, 0.3) is 11.5 Å². The molecule has 2 aromatic rings. The molecule has 0 radical (unpaired) electrons. The maximum absolute atomic E-state index is 12.5. The summed E-state index contributed by atoms with van der Waals surface area (Å²) in [6, 6.07) is 3.73. The summed E-state index contributed by atoms with van der Waals surface area (Å²) in [5, 5.41) is 5.99. The molecular formula is C19H23N5O4S. The monoisotopic (exact) mass is 417 g/mol. The average molecular weight is 417 g/mol. The fraction of sp³-hybridized carbons (Fsp3) is 0.474. The number of nitrogens with zero attached hydrogens (tertiary/aromatic N) is 1. The number of fused-ring (bicyclic) bond motifs is 1. The highest BCUT2D eigenvalue weighted by Crippen LogP contribution is 2.37.